The van der Waals surface area contributed by atoms with Crippen molar-refractivity contribution in [2.45, 2.75) is 124 Å². The van der Waals surface area contributed by atoms with Gasteiger partial charge in [-0.1, -0.05) is 12.8 Å². The summed E-state index contributed by atoms with van der Waals surface area (Å²) in [7, 11) is 0. The van der Waals surface area contributed by atoms with E-state index in [0.717, 1.165) is 54.9 Å². The summed E-state index contributed by atoms with van der Waals surface area (Å²) in [6.45, 7) is 5.03. The maximum Gasteiger partial charge on any atom is 0.315 e. The van der Waals surface area contributed by atoms with E-state index >= 15 is 0 Å². The monoisotopic (exact) mass is 968 g/mol. The number of hydrogen-bond acceptors (Lipinski definition) is 14. The Bertz CT molecular complexity index is 1580. The van der Waals surface area contributed by atoms with Gasteiger partial charge in [0.1, 0.15) is 6.10 Å². The molecule has 0 spiro atoms. The smallest absolute Gasteiger partial charge is 0.315 e. The molecule has 0 aliphatic carbocycles. The van der Waals surface area contributed by atoms with Gasteiger partial charge in [0, 0.05) is 99.4 Å². The molecule has 372 valence electrons. The van der Waals surface area contributed by atoms with E-state index in [2.05, 4.69) is 37.2 Å². The predicted molar refractivity (Wildman–Crippen MR) is 249 cm³/mol. The second kappa shape index (κ2) is 30.7. The van der Waals surface area contributed by atoms with Gasteiger partial charge in [0.2, 0.25) is 17.7 Å². The lowest BCUT2D eigenvalue weighted by Gasteiger charge is -2.19. The molecule has 5 aliphatic heterocycles. The largest absolute Gasteiger partial charge is 0.379 e. The molecule has 7 atom stereocenters. The molecule has 5 heterocycles. The maximum absolute atomic E-state index is 12.3. The summed E-state index contributed by atoms with van der Waals surface area (Å²) in [4.78, 5) is 84.4. The highest BCUT2D eigenvalue weighted by molar-refractivity contribution is 8.00. The minimum Gasteiger partial charge on any atom is -0.379 e. The highest BCUT2D eigenvalue weighted by Gasteiger charge is 2.43. The molecule has 0 aromatic carbocycles. The van der Waals surface area contributed by atoms with Gasteiger partial charge in [0.15, 0.2) is 0 Å². The number of carbonyl (C=O) groups excluding carboxylic acids is 7. The number of urea groups is 2. The van der Waals surface area contributed by atoms with Crippen molar-refractivity contribution in [2.75, 3.05) is 97.1 Å². The number of ether oxygens (including phenoxy) is 5. The van der Waals surface area contributed by atoms with Gasteiger partial charge >= 0.3 is 12.1 Å². The minimum absolute atomic E-state index is 0.0321. The Kier molecular flexibility index (Phi) is 24.8. The molecular weight excluding hydrogens is 897 g/mol. The van der Waals surface area contributed by atoms with Crippen molar-refractivity contribution in [3.05, 3.63) is 12.2 Å². The Hall–Kier alpha value is -3.67. The van der Waals surface area contributed by atoms with Crippen molar-refractivity contribution < 1.29 is 57.2 Å². The van der Waals surface area contributed by atoms with Crippen LogP contribution in [-0.4, -0.2) is 184 Å². The fraction of sp³-hybridized carbons (Fsp3) is 0.795. The van der Waals surface area contributed by atoms with Crippen molar-refractivity contribution in [2.24, 2.45) is 0 Å². The summed E-state index contributed by atoms with van der Waals surface area (Å²) in [5.41, 5.74) is 0. The van der Waals surface area contributed by atoms with Crippen LogP contribution in [0.1, 0.15) is 83.5 Å². The first-order valence-corrected chi connectivity index (χ1v) is 25.9. The normalized spacial score (nSPS) is 23.3. The Morgan fingerprint density at radius 2 is 1.00 bits per heavy atom. The lowest BCUT2D eigenvalue weighted by molar-refractivity contribution is -0.137. The van der Waals surface area contributed by atoms with Crippen LogP contribution in [0.25, 0.3) is 0 Å². The third-order valence-electron chi connectivity index (χ3n) is 11.8. The summed E-state index contributed by atoms with van der Waals surface area (Å²) in [6.07, 6.45) is 11.1. The molecule has 0 radical (unpaired) electrons. The predicted octanol–water partition coefficient (Wildman–Crippen LogP) is 1.11. The molecular formula is C44H72N8O12S2. The lowest BCUT2D eigenvalue weighted by atomic mass is 10.0. The number of rotatable bonds is 37. The summed E-state index contributed by atoms with van der Waals surface area (Å²) < 4.78 is 29.2. The van der Waals surface area contributed by atoms with Crippen LogP contribution >= 0.6 is 23.5 Å². The quantitative estimate of drug-likeness (QED) is 0.0262. The van der Waals surface area contributed by atoms with E-state index in [1.165, 1.54) is 12.2 Å². The molecule has 4 saturated heterocycles. The van der Waals surface area contributed by atoms with Crippen LogP contribution in [0.15, 0.2) is 12.2 Å². The van der Waals surface area contributed by atoms with E-state index in [9.17, 15) is 33.6 Å². The molecule has 9 amide bonds. The third kappa shape index (κ3) is 19.9. The molecule has 66 heavy (non-hydrogen) atoms. The van der Waals surface area contributed by atoms with Gasteiger partial charge in [-0.2, -0.15) is 23.5 Å². The van der Waals surface area contributed by atoms with Gasteiger partial charge in [0.05, 0.1) is 63.8 Å². The molecule has 0 aromatic heterocycles. The molecule has 7 N–H and O–H groups in total. The van der Waals surface area contributed by atoms with Gasteiger partial charge in [-0.25, -0.2) is 9.59 Å². The summed E-state index contributed by atoms with van der Waals surface area (Å²) >= 11 is 3.77. The number of imide groups is 1. The second-order valence-corrected chi connectivity index (χ2v) is 19.5. The van der Waals surface area contributed by atoms with Crippen LogP contribution in [0.5, 0.6) is 0 Å². The third-order valence-corrected chi connectivity index (χ3v) is 14.8. The standard InChI is InChI=1S/C44H72N8O12S2/c53-36(11-3-1-9-34-41-32(29-65-34)48-43(58)50-41)45-16-6-20-60-23-24-63-28-31(27-62-22-8-18-47-38(55)13-5-19-52-39(56)14-15-40(52)57)64-26-25-61-21-7-17-46-37(54)12-4-2-10-35-42-33(30-66-35)49-44(59)51-42/h14-15,31-35,41-42H,1-13,16-30H2,(H,45,53)(H,46,54)(H,47,55)(H2,48,50,58)(H2,49,51,59). The highest BCUT2D eigenvalue weighted by Crippen LogP contribution is 2.34. The number of carbonyl (C=O) groups is 7. The summed E-state index contributed by atoms with van der Waals surface area (Å²) in [5, 5.41) is 21.5. The first kappa shape index (κ1) is 53.3. The topological polar surface area (TPSA) is 253 Å². The molecule has 0 bridgehead atoms. The molecule has 7 unspecified atom stereocenters. The minimum atomic E-state index is -0.361. The molecule has 5 rings (SSSR count). The van der Waals surface area contributed by atoms with Crippen LogP contribution < -0.4 is 37.2 Å². The SMILES string of the molecule is O=C(CCCCC1SCC2NC(=O)NC21)NCCCOCCOCC(COCCCNC(=O)CCCN1C(=O)C=CC1=O)OCCOCCCNC(=O)CCCCC1SCC2NC(=O)NC21. The molecule has 4 fully saturated rings. The number of amides is 9. The molecule has 22 heteroatoms. The van der Waals surface area contributed by atoms with E-state index in [4.69, 9.17) is 23.7 Å². The van der Waals surface area contributed by atoms with Crippen molar-refractivity contribution in [1.29, 1.82) is 0 Å². The lowest BCUT2D eigenvalue weighted by Crippen LogP contribution is -2.36. The highest BCUT2D eigenvalue weighted by atomic mass is 32.2. The fourth-order valence-electron chi connectivity index (χ4n) is 8.24. The molecule has 5 aliphatic rings. The summed E-state index contributed by atoms with van der Waals surface area (Å²) in [6, 6.07) is 0.659. The maximum atomic E-state index is 12.3. The van der Waals surface area contributed by atoms with E-state index in [1.54, 1.807) is 0 Å². The Morgan fingerprint density at radius 3 is 1.52 bits per heavy atom. The van der Waals surface area contributed by atoms with Crippen molar-refractivity contribution in [3.63, 3.8) is 0 Å². The van der Waals surface area contributed by atoms with Gasteiger partial charge in [-0.3, -0.25) is 28.9 Å². The van der Waals surface area contributed by atoms with Crippen LogP contribution in [0.3, 0.4) is 0 Å². The van der Waals surface area contributed by atoms with Crippen LogP contribution in [-0.2, 0) is 47.7 Å². The zero-order valence-corrected chi connectivity index (χ0v) is 39.8. The molecule has 0 aromatic rings. The fourth-order valence-corrected chi connectivity index (χ4v) is 11.3. The molecule has 20 nitrogen and oxygen atoms in total. The Balaban J connectivity index is 0.849. The van der Waals surface area contributed by atoms with E-state index in [0.29, 0.717) is 115 Å². The Labute approximate surface area is 396 Å². The zero-order chi connectivity index (χ0) is 46.8. The van der Waals surface area contributed by atoms with Gasteiger partial charge in [-0.15, -0.1) is 0 Å². The van der Waals surface area contributed by atoms with Gasteiger partial charge in [-0.05, 0) is 51.4 Å². The van der Waals surface area contributed by atoms with E-state index in [1.807, 2.05) is 23.5 Å². The zero-order valence-electron chi connectivity index (χ0n) is 38.2. The van der Waals surface area contributed by atoms with Gasteiger partial charge < -0.3 is 60.9 Å². The van der Waals surface area contributed by atoms with Crippen LogP contribution in [0, 0.1) is 0 Å². The van der Waals surface area contributed by atoms with Crippen molar-refractivity contribution >= 4 is 65.1 Å². The van der Waals surface area contributed by atoms with E-state index < -0.39 is 0 Å². The summed E-state index contributed by atoms with van der Waals surface area (Å²) in [5.74, 6) is 1.07. The second-order valence-electron chi connectivity index (χ2n) is 17.0. The number of fused-ring (bicyclic) bond motifs is 2. The number of nitrogens with zero attached hydrogens (tertiary/aromatic N) is 1. The average Bonchev–Trinajstić information content (AvgIpc) is 4.12. The molecule has 0 saturated carbocycles. The van der Waals surface area contributed by atoms with Crippen molar-refractivity contribution in [3.8, 4) is 0 Å². The average molecular weight is 969 g/mol. The first-order chi connectivity index (χ1) is 32.2. The van der Waals surface area contributed by atoms with Crippen LogP contribution in [0.2, 0.25) is 0 Å². The van der Waals surface area contributed by atoms with E-state index in [-0.39, 0.29) is 98.0 Å². The first-order valence-electron chi connectivity index (χ1n) is 23.8. The number of hydrogen-bond donors (Lipinski definition) is 7. The number of unbranched alkanes of at least 4 members (excludes halogenated alkanes) is 2. The number of nitrogens with one attached hydrogen (secondary N) is 7. The number of thioether (sulfide) groups is 2. The Morgan fingerprint density at radius 1 is 0.561 bits per heavy atom. The van der Waals surface area contributed by atoms with Crippen LogP contribution in [0.4, 0.5) is 9.59 Å². The van der Waals surface area contributed by atoms with Gasteiger partial charge in [0.25, 0.3) is 11.8 Å². The van der Waals surface area contributed by atoms with Crippen molar-refractivity contribution in [1.82, 2.24) is 42.1 Å².